The average molecular weight is 269 g/mol. The van der Waals surface area contributed by atoms with Crippen molar-refractivity contribution in [1.82, 2.24) is 20.5 Å². The van der Waals surface area contributed by atoms with Crippen molar-refractivity contribution in [3.05, 3.63) is 0 Å². The number of methoxy groups -OCH3 is 1. The highest BCUT2D eigenvalue weighted by Gasteiger charge is 2.25. The highest BCUT2D eigenvalue weighted by atomic mass is 16.5. The van der Waals surface area contributed by atoms with Crippen LogP contribution in [-0.4, -0.2) is 40.1 Å². The van der Waals surface area contributed by atoms with Gasteiger partial charge in [-0.15, -0.1) is 5.10 Å². The molecule has 106 valence electrons. The Hall–Kier alpha value is -2.12. The number of hydrogen-bond acceptors (Lipinski definition) is 5. The van der Waals surface area contributed by atoms with Crippen LogP contribution in [0.15, 0.2) is 0 Å². The molecule has 0 saturated carbocycles. The Morgan fingerprint density at radius 2 is 2.00 bits per heavy atom. The molecular weight excluding hydrogens is 250 g/mol. The summed E-state index contributed by atoms with van der Waals surface area (Å²) in [6.45, 7) is 6.91. The second-order valence-corrected chi connectivity index (χ2v) is 5.11. The Morgan fingerprint density at radius 3 is 2.47 bits per heavy atom. The maximum Gasteiger partial charge on any atom is 0.336 e. The predicted octanol–water partition coefficient (Wildman–Crippen LogP) is 0.303. The fourth-order valence-electron chi connectivity index (χ4n) is 1.10. The van der Waals surface area contributed by atoms with Gasteiger partial charge >= 0.3 is 6.01 Å². The number of carbonyl (C=O) groups is 2. The van der Waals surface area contributed by atoms with Crippen molar-refractivity contribution < 1.29 is 14.3 Å². The first-order valence-corrected chi connectivity index (χ1v) is 5.82. The van der Waals surface area contributed by atoms with Crippen LogP contribution in [0.1, 0.15) is 27.7 Å². The SMILES string of the molecule is COc1n[nH]c(NC(=O)C(C)NC(=O)C(C)(C)C)n1. The molecule has 0 spiro atoms. The van der Waals surface area contributed by atoms with Crippen molar-refractivity contribution >= 4 is 17.8 Å². The second kappa shape index (κ2) is 5.68. The molecule has 1 rings (SSSR count). The van der Waals surface area contributed by atoms with E-state index in [4.69, 9.17) is 4.74 Å². The van der Waals surface area contributed by atoms with Crippen LogP contribution in [-0.2, 0) is 9.59 Å². The summed E-state index contributed by atoms with van der Waals surface area (Å²) >= 11 is 0. The Morgan fingerprint density at radius 1 is 1.37 bits per heavy atom. The molecule has 2 amide bonds. The number of H-pyrrole nitrogens is 1. The standard InChI is InChI=1S/C11H19N5O3/c1-6(12-8(18)11(2,3)4)7(17)13-9-14-10(19-5)16-15-9/h6H,1-5H3,(H,12,18)(H2,13,14,15,16,17). The number of aromatic nitrogens is 3. The van der Waals surface area contributed by atoms with Gasteiger partial charge in [-0.2, -0.15) is 4.98 Å². The molecule has 0 radical (unpaired) electrons. The molecule has 1 aromatic rings. The number of nitrogens with one attached hydrogen (secondary N) is 3. The van der Waals surface area contributed by atoms with Crippen molar-refractivity contribution in [2.24, 2.45) is 5.41 Å². The lowest BCUT2D eigenvalue weighted by Gasteiger charge is -2.21. The molecule has 0 bridgehead atoms. The van der Waals surface area contributed by atoms with Gasteiger partial charge in [-0.3, -0.25) is 14.9 Å². The summed E-state index contributed by atoms with van der Waals surface area (Å²) in [5, 5.41) is 11.3. The molecule has 3 N–H and O–H groups in total. The topological polar surface area (TPSA) is 109 Å². The zero-order chi connectivity index (χ0) is 14.6. The molecular formula is C11H19N5O3. The van der Waals surface area contributed by atoms with Crippen molar-refractivity contribution in [3.8, 4) is 6.01 Å². The fourth-order valence-corrected chi connectivity index (χ4v) is 1.10. The number of anilines is 1. The molecule has 0 fully saturated rings. The molecule has 0 aliphatic carbocycles. The number of rotatable bonds is 4. The molecule has 1 heterocycles. The molecule has 1 unspecified atom stereocenters. The Balaban J connectivity index is 2.56. The first-order valence-electron chi connectivity index (χ1n) is 5.82. The maximum atomic E-state index is 11.8. The van der Waals surface area contributed by atoms with E-state index >= 15 is 0 Å². The monoisotopic (exact) mass is 269 g/mol. The molecule has 0 saturated heterocycles. The van der Waals surface area contributed by atoms with Crippen LogP contribution in [0.25, 0.3) is 0 Å². The van der Waals surface area contributed by atoms with Gasteiger partial charge in [0.15, 0.2) is 0 Å². The van der Waals surface area contributed by atoms with E-state index in [1.54, 1.807) is 27.7 Å². The number of nitrogens with zero attached hydrogens (tertiary/aromatic N) is 2. The number of hydrogen-bond donors (Lipinski definition) is 3. The van der Waals surface area contributed by atoms with Crippen molar-refractivity contribution in [1.29, 1.82) is 0 Å². The highest BCUT2D eigenvalue weighted by molar-refractivity contribution is 5.96. The summed E-state index contributed by atoms with van der Waals surface area (Å²) in [7, 11) is 1.42. The zero-order valence-electron chi connectivity index (χ0n) is 11.7. The third-order valence-electron chi connectivity index (χ3n) is 2.31. The Kier molecular flexibility index (Phi) is 4.47. The van der Waals surface area contributed by atoms with Crippen LogP contribution in [0.4, 0.5) is 5.95 Å². The Bertz CT molecular complexity index is 463. The minimum absolute atomic E-state index is 0.127. The summed E-state index contributed by atoms with van der Waals surface area (Å²) in [6.07, 6.45) is 0. The number of carbonyl (C=O) groups excluding carboxylic acids is 2. The maximum absolute atomic E-state index is 11.8. The third kappa shape index (κ3) is 4.23. The lowest BCUT2D eigenvalue weighted by atomic mass is 9.95. The van der Waals surface area contributed by atoms with Gasteiger partial charge in [0.05, 0.1) is 7.11 Å². The normalized spacial score (nSPS) is 12.7. The zero-order valence-corrected chi connectivity index (χ0v) is 11.7. The van der Waals surface area contributed by atoms with E-state index in [2.05, 4.69) is 25.8 Å². The summed E-state index contributed by atoms with van der Waals surface area (Å²) in [4.78, 5) is 27.4. The molecule has 0 aliphatic rings. The van der Waals surface area contributed by atoms with Crippen LogP contribution in [0, 0.1) is 5.41 Å². The predicted molar refractivity (Wildman–Crippen MR) is 68.6 cm³/mol. The minimum Gasteiger partial charge on any atom is -0.466 e. The quantitative estimate of drug-likeness (QED) is 0.728. The van der Waals surface area contributed by atoms with Crippen LogP contribution < -0.4 is 15.4 Å². The third-order valence-corrected chi connectivity index (χ3v) is 2.31. The number of amides is 2. The summed E-state index contributed by atoms with van der Waals surface area (Å²) in [5.41, 5.74) is -0.552. The van der Waals surface area contributed by atoms with Crippen LogP contribution in [0.3, 0.4) is 0 Å². The van der Waals surface area contributed by atoms with Gasteiger partial charge in [0, 0.05) is 5.41 Å². The van der Waals surface area contributed by atoms with E-state index in [0.29, 0.717) is 0 Å². The molecule has 1 atom stereocenters. The van der Waals surface area contributed by atoms with E-state index in [1.807, 2.05) is 0 Å². The molecule has 1 aromatic heterocycles. The smallest absolute Gasteiger partial charge is 0.336 e. The van der Waals surface area contributed by atoms with Gasteiger partial charge in [0.2, 0.25) is 17.8 Å². The van der Waals surface area contributed by atoms with Gasteiger partial charge in [0.1, 0.15) is 6.04 Å². The van der Waals surface area contributed by atoms with Crippen LogP contribution >= 0.6 is 0 Å². The summed E-state index contributed by atoms with van der Waals surface area (Å²) in [6, 6.07) is -0.551. The molecule has 0 aromatic carbocycles. The fraction of sp³-hybridized carbons (Fsp3) is 0.636. The van der Waals surface area contributed by atoms with Crippen molar-refractivity contribution in [2.75, 3.05) is 12.4 Å². The second-order valence-electron chi connectivity index (χ2n) is 5.11. The lowest BCUT2D eigenvalue weighted by molar-refractivity contribution is -0.131. The number of ether oxygens (including phenoxy) is 1. The Labute approximate surface area is 111 Å². The van der Waals surface area contributed by atoms with Crippen LogP contribution in [0.2, 0.25) is 0 Å². The largest absolute Gasteiger partial charge is 0.466 e. The summed E-state index contributed by atoms with van der Waals surface area (Å²) in [5.74, 6) is -0.430. The molecule has 8 heteroatoms. The van der Waals surface area contributed by atoms with E-state index in [0.717, 1.165) is 0 Å². The van der Waals surface area contributed by atoms with Crippen molar-refractivity contribution in [2.45, 2.75) is 33.7 Å². The minimum atomic E-state index is -0.678. The first-order chi connectivity index (χ1) is 8.74. The van der Waals surface area contributed by atoms with Gasteiger partial charge in [0.25, 0.3) is 0 Å². The molecule has 0 aliphatic heterocycles. The van der Waals surface area contributed by atoms with Gasteiger partial charge in [-0.1, -0.05) is 20.8 Å². The van der Waals surface area contributed by atoms with E-state index in [1.165, 1.54) is 7.11 Å². The van der Waals surface area contributed by atoms with Gasteiger partial charge < -0.3 is 10.1 Å². The summed E-state index contributed by atoms with van der Waals surface area (Å²) < 4.78 is 4.77. The average Bonchev–Trinajstić information content (AvgIpc) is 2.75. The highest BCUT2D eigenvalue weighted by Crippen LogP contribution is 2.13. The molecule has 8 nitrogen and oxygen atoms in total. The van der Waals surface area contributed by atoms with Crippen molar-refractivity contribution in [3.63, 3.8) is 0 Å². The van der Waals surface area contributed by atoms with E-state index < -0.39 is 17.4 Å². The van der Waals surface area contributed by atoms with Gasteiger partial charge in [-0.05, 0) is 6.92 Å². The van der Waals surface area contributed by atoms with Crippen LogP contribution in [0.5, 0.6) is 6.01 Å². The number of aromatic amines is 1. The van der Waals surface area contributed by atoms with Gasteiger partial charge in [-0.25, -0.2) is 5.10 Å². The first kappa shape index (κ1) is 14.9. The molecule has 19 heavy (non-hydrogen) atoms. The lowest BCUT2D eigenvalue weighted by Crippen LogP contribution is -2.46. The van der Waals surface area contributed by atoms with E-state index in [-0.39, 0.29) is 17.9 Å². The van der Waals surface area contributed by atoms with E-state index in [9.17, 15) is 9.59 Å².